The molecule has 1 aliphatic heterocycles. The number of nitrogens with zero attached hydrogens (tertiary/aromatic N) is 4. The van der Waals surface area contributed by atoms with Crippen LogP contribution in [0.25, 0.3) is 0 Å². The standard InChI is InChI=1S/C19H26N6O2.HI/c1-20-19(22-5-2-8-24-9-6-21-12-24)23-7-10-25-17(26)15-13-3-4-14(11-13)16(15)18(25)27;/h3-4,6,9,12-16H,2,5,7-8,10-11H2,1H3,(H2,20,22,23);1H. The molecule has 1 aromatic heterocycles. The predicted octanol–water partition coefficient (Wildman–Crippen LogP) is 0.863. The fourth-order valence-electron chi connectivity index (χ4n) is 4.58. The Bertz CT molecular complexity index is 732. The number of fused-ring (bicyclic) bond motifs is 5. The lowest BCUT2D eigenvalue weighted by molar-refractivity contribution is -0.140. The van der Waals surface area contributed by atoms with Gasteiger partial charge in [-0.15, -0.1) is 24.0 Å². The fourth-order valence-corrected chi connectivity index (χ4v) is 4.58. The van der Waals surface area contributed by atoms with Gasteiger partial charge in [0.15, 0.2) is 5.96 Å². The number of aliphatic imine (C=N–C) groups is 1. The monoisotopic (exact) mass is 498 g/mol. The Morgan fingerprint density at radius 3 is 2.43 bits per heavy atom. The number of likely N-dealkylation sites (tertiary alicyclic amines) is 1. The molecular weight excluding hydrogens is 471 g/mol. The van der Waals surface area contributed by atoms with Crippen LogP contribution < -0.4 is 10.6 Å². The van der Waals surface area contributed by atoms with Gasteiger partial charge >= 0.3 is 0 Å². The first-order valence-electron chi connectivity index (χ1n) is 9.63. The molecule has 4 unspecified atom stereocenters. The number of carbonyl (C=O) groups excluding carboxylic acids is 2. The number of imide groups is 1. The largest absolute Gasteiger partial charge is 0.356 e. The maximum absolute atomic E-state index is 12.6. The number of imidazole rings is 1. The number of guanidine groups is 1. The minimum Gasteiger partial charge on any atom is -0.356 e. The van der Waals surface area contributed by atoms with Gasteiger partial charge in [0.05, 0.1) is 18.2 Å². The number of allylic oxidation sites excluding steroid dienone is 2. The molecule has 2 bridgehead atoms. The molecule has 1 saturated carbocycles. The number of nitrogens with one attached hydrogen (secondary N) is 2. The zero-order chi connectivity index (χ0) is 18.8. The molecule has 2 fully saturated rings. The van der Waals surface area contributed by atoms with Gasteiger partial charge in [-0.2, -0.15) is 0 Å². The highest BCUT2D eigenvalue weighted by molar-refractivity contribution is 14.0. The molecule has 28 heavy (non-hydrogen) atoms. The first-order valence-corrected chi connectivity index (χ1v) is 9.63. The van der Waals surface area contributed by atoms with Crippen molar-refractivity contribution in [2.75, 3.05) is 26.7 Å². The quantitative estimate of drug-likeness (QED) is 0.145. The number of carbonyl (C=O) groups is 2. The van der Waals surface area contributed by atoms with Crippen molar-refractivity contribution in [3.05, 3.63) is 30.9 Å². The van der Waals surface area contributed by atoms with E-state index in [-0.39, 0.29) is 59.5 Å². The van der Waals surface area contributed by atoms with E-state index in [1.807, 2.05) is 10.8 Å². The van der Waals surface area contributed by atoms with Crippen LogP contribution >= 0.6 is 24.0 Å². The van der Waals surface area contributed by atoms with Gasteiger partial charge in [0.2, 0.25) is 11.8 Å². The van der Waals surface area contributed by atoms with E-state index in [9.17, 15) is 9.59 Å². The molecule has 2 N–H and O–H groups in total. The molecule has 2 heterocycles. The van der Waals surface area contributed by atoms with Crippen molar-refractivity contribution in [1.29, 1.82) is 0 Å². The highest BCUT2D eigenvalue weighted by Crippen LogP contribution is 2.52. The van der Waals surface area contributed by atoms with Crippen LogP contribution in [0.5, 0.6) is 0 Å². The molecule has 2 amide bonds. The summed E-state index contributed by atoms with van der Waals surface area (Å²) < 4.78 is 2.03. The summed E-state index contributed by atoms with van der Waals surface area (Å²) in [6.45, 7) is 2.55. The lowest BCUT2D eigenvalue weighted by Gasteiger charge is -2.18. The van der Waals surface area contributed by atoms with Crippen molar-refractivity contribution in [3.8, 4) is 0 Å². The predicted molar refractivity (Wildman–Crippen MR) is 116 cm³/mol. The zero-order valence-electron chi connectivity index (χ0n) is 16.0. The molecule has 4 atom stereocenters. The van der Waals surface area contributed by atoms with Crippen LogP contribution in [0.2, 0.25) is 0 Å². The van der Waals surface area contributed by atoms with Crippen LogP contribution in [0, 0.1) is 23.7 Å². The Morgan fingerprint density at radius 2 is 1.82 bits per heavy atom. The summed E-state index contributed by atoms with van der Waals surface area (Å²) in [6, 6.07) is 0. The summed E-state index contributed by atoms with van der Waals surface area (Å²) in [6.07, 6.45) is 11.7. The van der Waals surface area contributed by atoms with Crippen molar-refractivity contribution in [3.63, 3.8) is 0 Å². The number of aryl methyl sites for hydroxylation is 1. The van der Waals surface area contributed by atoms with E-state index in [2.05, 4.69) is 32.8 Å². The van der Waals surface area contributed by atoms with Gasteiger partial charge in [-0.3, -0.25) is 19.5 Å². The maximum Gasteiger partial charge on any atom is 0.233 e. The molecule has 1 saturated heterocycles. The molecule has 0 radical (unpaired) electrons. The van der Waals surface area contributed by atoms with Crippen LogP contribution in [0.15, 0.2) is 35.9 Å². The Morgan fingerprint density at radius 1 is 1.14 bits per heavy atom. The molecule has 4 rings (SSSR count). The van der Waals surface area contributed by atoms with Gasteiger partial charge < -0.3 is 15.2 Å². The highest BCUT2D eigenvalue weighted by atomic mass is 127. The molecule has 152 valence electrons. The van der Waals surface area contributed by atoms with Gasteiger partial charge in [0.1, 0.15) is 0 Å². The molecule has 3 aliphatic rings. The SMILES string of the molecule is CN=C(NCCCn1ccnc1)NCCN1C(=O)C2C3C=CC(C3)C2C1=O.I. The average Bonchev–Trinajstić information content (AvgIpc) is 3.44. The summed E-state index contributed by atoms with van der Waals surface area (Å²) >= 11 is 0. The van der Waals surface area contributed by atoms with Crippen molar-refractivity contribution in [2.24, 2.45) is 28.7 Å². The zero-order valence-corrected chi connectivity index (χ0v) is 18.3. The molecule has 0 spiro atoms. The van der Waals surface area contributed by atoms with Gasteiger partial charge in [0.25, 0.3) is 0 Å². The Hall–Kier alpha value is -1.91. The summed E-state index contributed by atoms with van der Waals surface area (Å²) in [7, 11) is 1.71. The lowest BCUT2D eigenvalue weighted by atomic mass is 9.85. The third-order valence-electron chi connectivity index (χ3n) is 5.86. The molecule has 0 aromatic carbocycles. The minimum absolute atomic E-state index is 0. The molecule has 8 nitrogen and oxygen atoms in total. The Labute approximate surface area is 181 Å². The van der Waals surface area contributed by atoms with E-state index in [1.54, 1.807) is 19.6 Å². The van der Waals surface area contributed by atoms with Crippen LogP contribution in [0.3, 0.4) is 0 Å². The number of amides is 2. The van der Waals surface area contributed by atoms with Crippen LogP contribution in [-0.4, -0.2) is 58.9 Å². The normalized spacial score (nSPS) is 27.9. The second-order valence-corrected chi connectivity index (χ2v) is 7.41. The number of rotatable bonds is 7. The van der Waals surface area contributed by atoms with E-state index < -0.39 is 0 Å². The van der Waals surface area contributed by atoms with E-state index >= 15 is 0 Å². The number of aromatic nitrogens is 2. The van der Waals surface area contributed by atoms with Gasteiger partial charge in [-0.1, -0.05) is 12.2 Å². The van der Waals surface area contributed by atoms with E-state index in [4.69, 9.17) is 0 Å². The van der Waals surface area contributed by atoms with E-state index in [0.29, 0.717) is 19.0 Å². The van der Waals surface area contributed by atoms with Crippen LogP contribution in [-0.2, 0) is 16.1 Å². The summed E-state index contributed by atoms with van der Waals surface area (Å²) in [5.41, 5.74) is 0. The summed E-state index contributed by atoms with van der Waals surface area (Å²) in [4.78, 5) is 35.0. The third-order valence-corrected chi connectivity index (χ3v) is 5.86. The maximum atomic E-state index is 12.6. The van der Waals surface area contributed by atoms with Gasteiger partial charge in [0, 0.05) is 45.6 Å². The molecular formula is C19H27IN6O2. The third kappa shape index (κ3) is 3.94. The summed E-state index contributed by atoms with van der Waals surface area (Å²) in [5, 5.41) is 6.44. The number of halogens is 1. The highest BCUT2D eigenvalue weighted by Gasteiger charge is 2.58. The number of hydrogen-bond acceptors (Lipinski definition) is 4. The molecule has 1 aromatic rings. The van der Waals surface area contributed by atoms with Crippen molar-refractivity contribution in [2.45, 2.75) is 19.4 Å². The minimum atomic E-state index is -0.117. The van der Waals surface area contributed by atoms with Crippen molar-refractivity contribution in [1.82, 2.24) is 25.1 Å². The average molecular weight is 498 g/mol. The van der Waals surface area contributed by atoms with Crippen molar-refractivity contribution < 1.29 is 9.59 Å². The van der Waals surface area contributed by atoms with Crippen LogP contribution in [0.1, 0.15) is 12.8 Å². The van der Waals surface area contributed by atoms with Crippen molar-refractivity contribution >= 4 is 41.8 Å². The van der Waals surface area contributed by atoms with Crippen LogP contribution in [0.4, 0.5) is 0 Å². The first kappa shape index (κ1) is 20.8. The first-order chi connectivity index (χ1) is 13.2. The smallest absolute Gasteiger partial charge is 0.233 e. The Balaban J connectivity index is 0.00000225. The van der Waals surface area contributed by atoms with Gasteiger partial charge in [-0.05, 0) is 24.7 Å². The van der Waals surface area contributed by atoms with Gasteiger partial charge in [-0.25, -0.2) is 4.98 Å². The molecule has 2 aliphatic carbocycles. The second kappa shape index (κ2) is 9.06. The second-order valence-electron chi connectivity index (χ2n) is 7.41. The topological polar surface area (TPSA) is 91.6 Å². The molecule has 9 heteroatoms. The lowest BCUT2D eigenvalue weighted by Crippen LogP contribution is -2.44. The summed E-state index contributed by atoms with van der Waals surface area (Å²) in [5.74, 6) is 0.986. The Kier molecular flexibility index (Phi) is 6.73. The van der Waals surface area contributed by atoms with E-state index in [0.717, 1.165) is 25.9 Å². The number of hydrogen-bond donors (Lipinski definition) is 2. The fraction of sp³-hybridized carbons (Fsp3) is 0.579. The van der Waals surface area contributed by atoms with E-state index in [1.165, 1.54) is 4.90 Å².